The van der Waals surface area contributed by atoms with Crippen LogP contribution in [0.2, 0.25) is 0 Å². The van der Waals surface area contributed by atoms with Crippen molar-refractivity contribution in [1.29, 1.82) is 5.26 Å². The van der Waals surface area contributed by atoms with Gasteiger partial charge in [0.2, 0.25) is 0 Å². The van der Waals surface area contributed by atoms with Crippen LogP contribution >= 0.6 is 0 Å². The van der Waals surface area contributed by atoms with Crippen molar-refractivity contribution in [3.05, 3.63) is 29.3 Å². The highest BCUT2D eigenvalue weighted by Crippen LogP contribution is 2.36. The zero-order valence-electron chi connectivity index (χ0n) is 12.3. The van der Waals surface area contributed by atoms with Crippen molar-refractivity contribution in [1.82, 2.24) is 10.6 Å². The Labute approximate surface area is 125 Å². The highest BCUT2D eigenvalue weighted by Gasteiger charge is 2.24. The molecule has 2 N–H and O–H groups in total. The third-order valence-corrected chi connectivity index (χ3v) is 3.60. The predicted molar refractivity (Wildman–Crippen MR) is 79.9 cm³/mol. The van der Waals surface area contributed by atoms with Crippen LogP contribution in [0.5, 0.6) is 5.75 Å². The molecule has 1 aromatic rings. The highest BCUT2D eigenvalue weighted by molar-refractivity contribution is 5.77. The number of hydrogen-bond acceptors (Lipinski definition) is 4. The molecule has 0 aromatic heterocycles. The van der Waals surface area contributed by atoms with Gasteiger partial charge in [-0.25, -0.2) is 0 Å². The minimum atomic E-state index is -0.191. The first-order chi connectivity index (χ1) is 10.3. The van der Waals surface area contributed by atoms with Gasteiger partial charge in [-0.15, -0.1) is 0 Å². The topological polar surface area (TPSA) is 74.2 Å². The molecule has 1 atom stereocenters. The number of nitrogens with one attached hydrogen (secondary N) is 2. The Kier molecular flexibility index (Phi) is 5.59. The number of carbonyl (C=O) groups excluding carboxylic acids is 1. The van der Waals surface area contributed by atoms with E-state index in [9.17, 15) is 4.79 Å². The van der Waals surface area contributed by atoms with Crippen molar-refractivity contribution >= 4 is 5.91 Å². The molecule has 21 heavy (non-hydrogen) atoms. The van der Waals surface area contributed by atoms with Crippen molar-refractivity contribution in [3.63, 3.8) is 0 Å². The second-order valence-corrected chi connectivity index (χ2v) is 5.02. The molecule has 1 aliphatic carbocycles. The van der Waals surface area contributed by atoms with Gasteiger partial charge in [-0.3, -0.25) is 4.79 Å². The maximum atomic E-state index is 11.6. The molecule has 112 valence electrons. The molecule has 5 heteroatoms. The lowest BCUT2D eigenvalue weighted by Crippen LogP contribution is -2.29. The maximum Gasteiger partial charge on any atom is 0.257 e. The average molecular weight is 287 g/mol. The van der Waals surface area contributed by atoms with E-state index in [-0.39, 0.29) is 12.5 Å². The summed E-state index contributed by atoms with van der Waals surface area (Å²) in [4.78, 5) is 11.6. The Hall–Kier alpha value is -2.06. The largest absolute Gasteiger partial charge is 0.483 e. The molecule has 0 spiro atoms. The molecule has 1 aromatic carbocycles. The first-order valence-corrected chi connectivity index (χ1v) is 7.38. The smallest absolute Gasteiger partial charge is 0.257 e. The van der Waals surface area contributed by atoms with E-state index < -0.39 is 0 Å². The molecule has 2 rings (SSSR count). The molecule has 0 saturated carbocycles. The van der Waals surface area contributed by atoms with Gasteiger partial charge in [-0.05, 0) is 36.6 Å². The first kappa shape index (κ1) is 15.3. The summed E-state index contributed by atoms with van der Waals surface area (Å²) >= 11 is 0. The number of ether oxygens (including phenoxy) is 1. The third-order valence-electron chi connectivity index (χ3n) is 3.60. The molecule has 0 aliphatic heterocycles. The van der Waals surface area contributed by atoms with Crippen LogP contribution in [0, 0.1) is 11.3 Å². The number of nitrogens with zero attached hydrogens (tertiary/aromatic N) is 1. The van der Waals surface area contributed by atoms with Gasteiger partial charge in [0, 0.05) is 12.6 Å². The lowest BCUT2D eigenvalue weighted by atomic mass is 10.1. The summed E-state index contributed by atoms with van der Waals surface area (Å²) in [6.45, 7) is 3.41. The molecule has 1 unspecified atom stereocenters. The van der Waals surface area contributed by atoms with Gasteiger partial charge in [-0.1, -0.05) is 19.1 Å². The van der Waals surface area contributed by atoms with Crippen LogP contribution < -0.4 is 15.4 Å². The number of carbonyl (C=O) groups is 1. The summed E-state index contributed by atoms with van der Waals surface area (Å²) in [6, 6.07) is 8.37. The summed E-state index contributed by atoms with van der Waals surface area (Å²) < 4.78 is 5.65. The number of rotatable bonds is 7. The number of benzene rings is 1. The van der Waals surface area contributed by atoms with E-state index in [1.165, 1.54) is 11.1 Å². The van der Waals surface area contributed by atoms with E-state index in [1.54, 1.807) is 0 Å². The minimum absolute atomic E-state index is 0.00620. The molecule has 0 radical (unpaired) electrons. The number of hydrogen-bond donors (Lipinski definition) is 2. The molecule has 1 aliphatic rings. The highest BCUT2D eigenvalue weighted by atomic mass is 16.5. The summed E-state index contributed by atoms with van der Waals surface area (Å²) in [5.74, 6) is 0.604. The fourth-order valence-electron chi connectivity index (χ4n) is 2.67. The van der Waals surface area contributed by atoms with Gasteiger partial charge >= 0.3 is 0 Å². The zero-order chi connectivity index (χ0) is 15.1. The van der Waals surface area contributed by atoms with Crippen LogP contribution in [0.1, 0.15) is 36.9 Å². The number of nitriles is 1. The normalized spacial score (nSPS) is 16.1. The van der Waals surface area contributed by atoms with Gasteiger partial charge in [0.25, 0.3) is 5.91 Å². The van der Waals surface area contributed by atoms with Crippen molar-refractivity contribution in [2.24, 2.45) is 0 Å². The molecule has 0 fully saturated rings. The van der Waals surface area contributed by atoms with Crippen LogP contribution in [0.15, 0.2) is 18.2 Å². The fourth-order valence-corrected chi connectivity index (χ4v) is 2.67. The number of amides is 1. The second-order valence-electron chi connectivity index (χ2n) is 5.02. The molecule has 1 amide bonds. The Morgan fingerprint density at radius 2 is 2.38 bits per heavy atom. The lowest BCUT2D eigenvalue weighted by molar-refractivity contribution is -0.123. The SMILES string of the molecule is CCNC1CCc2c(OCC(=O)NCCC#N)cccc21. The molecular formula is C16H21N3O2. The second kappa shape index (κ2) is 7.65. The van der Waals surface area contributed by atoms with E-state index >= 15 is 0 Å². The van der Waals surface area contributed by atoms with Gasteiger partial charge in [0.1, 0.15) is 5.75 Å². The van der Waals surface area contributed by atoms with Crippen molar-refractivity contribution in [2.45, 2.75) is 32.2 Å². The summed E-state index contributed by atoms with van der Waals surface area (Å²) in [5, 5.41) is 14.5. The van der Waals surface area contributed by atoms with Gasteiger partial charge in [-0.2, -0.15) is 5.26 Å². The average Bonchev–Trinajstić information content (AvgIpc) is 2.90. The monoisotopic (exact) mass is 287 g/mol. The summed E-state index contributed by atoms with van der Waals surface area (Å²) in [7, 11) is 0. The standard InChI is InChI=1S/C16H21N3O2/c1-2-18-14-8-7-13-12(14)5-3-6-15(13)21-11-16(20)19-10-4-9-17/h3,5-6,14,18H,2,4,7-8,10-11H2,1H3,(H,19,20). The quantitative estimate of drug-likeness (QED) is 0.748. The van der Waals surface area contributed by atoms with Crippen LogP contribution in [0.4, 0.5) is 0 Å². The van der Waals surface area contributed by atoms with Crippen LogP contribution in [0.25, 0.3) is 0 Å². The molecular weight excluding hydrogens is 266 g/mol. The van der Waals surface area contributed by atoms with Crippen LogP contribution in [-0.2, 0) is 11.2 Å². The Morgan fingerprint density at radius 3 is 3.14 bits per heavy atom. The van der Waals surface area contributed by atoms with Gasteiger partial charge in [0.15, 0.2) is 6.61 Å². The van der Waals surface area contributed by atoms with Crippen molar-refractivity contribution < 1.29 is 9.53 Å². The Morgan fingerprint density at radius 1 is 1.52 bits per heavy atom. The van der Waals surface area contributed by atoms with Crippen molar-refractivity contribution in [3.8, 4) is 11.8 Å². The van der Waals surface area contributed by atoms with E-state index in [2.05, 4.69) is 23.6 Å². The summed E-state index contributed by atoms with van der Waals surface area (Å²) in [5.41, 5.74) is 2.48. The molecule has 0 saturated heterocycles. The first-order valence-electron chi connectivity index (χ1n) is 7.38. The summed E-state index contributed by atoms with van der Waals surface area (Å²) in [6.07, 6.45) is 2.36. The lowest BCUT2D eigenvalue weighted by Gasteiger charge is -2.14. The van der Waals surface area contributed by atoms with E-state index in [0.29, 0.717) is 19.0 Å². The predicted octanol–water partition coefficient (Wildman–Crippen LogP) is 1.69. The fraction of sp³-hybridized carbons (Fsp3) is 0.500. The van der Waals surface area contributed by atoms with Gasteiger partial charge < -0.3 is 15.4 Å². The van der Waals surface area contributed by atoms with Gasteiger partial charge in [0.05, 0.1) is 12.5 Å². The molecule has 0 bridgehead atoms. The molecule has 0 heterocycles. The van der Waals surface area contributed by atoms with E-state index in [4.69, 9.17) is 10.00 Å². The minimum Gasteiger partial charge on any atom is -0.483 e. The van der Waals surface area contributed by atoms with E-state index in [0.717, 1.165) is 25.1 Å². The zero-order valence-corrected chi connectivity index (χ0v) is 12.3. The Balaban J connectivity index is 1.93. The third kappa shape index (κ3) is 3.96. The molecule has 5 nitrogen and oxygen atoms in total. The Bertz CT molecular complexity index is 537. The van der Waals surface area contributed by atoms with Crippen molar-refractivity contribution in [2.75, 3.05) is 19.7 Å². The number of fused-ring (bicyclic) bond motifs is 1. The van der Waals surface area contributed by atoms with E-state index in [1.807, 2.05) is 18.2 Å². The van der Waals surface area contributed by atoms with Crippen LogP contribution in [-0.4, -0.2) is 25.6 Å². The maximum absolute atomic E-state index is 11.6. The van der Waals surface area contributed by atoms with Crippen LogP contribution in [0.3, 0.4) is 0 Å².